The van der Waals surface area contributed by atoms with Crippen LogP contribution in [0.2, 0.25) is 0 Å². The summed E-state index contributed by atoms with van der Waals surface area (Å²) in [5.41, 5.74) is 6.14. The third-order valence-electron chi connectivity index (χ3n) is 10.6. The highest BCUT2D eigenvalue weighted by molar-refractivity contribution is 6.67. The van der Waals surface area contributed by atoms with Gasteiger partial charge in [0.1, 0.15) is 41.1 Å². The average molecular weight is 984 g/mol. The molecule has 6 rings (SSSR count). The molecule has 0 saturated carbocycles. The minimum Gasteiger partial charge on any atom is -1.00 e. The molecule has 1 fully saturated rings. The predicted octanol–water partition coefficient (Wildman–Crippen LogP) is -0.887. The summed E-state index contributed by atoms with van der Waals surface area (Å²) in [5, 5.41) is 27.8. The van der Waals surface area contributed by atoms with Crippen molar-refractivity contribution in [2.75, 3.05) is 54.3 Å². The Bertz CT molecular complexity index is 2500. The van der Waals surface area contributed by atoms with Crippen molar-refractivity contribution in [2.24, 2.45) is 26.9 Å². The molecular formula is C40H47Cl4N11O10. The van der Waals surface area contributed by atoms with E-state index in [1.54, 1.807) is 39.3 Å². The van der Waals surface area contributed by atoms with Gasteiger partial charge < -0.3 is 71.6 Å². The number of nitrogens with one attached hydrogen (secondary N) is 4. The van der Waals surface area contributed by atoms with E-state index in [0.717, 1.165) is 4.90 Å². The summed E-state index contributed by atoms with van der Waals surface area (Å²) in [5.74, 6) is -1.01. The maximum absolute atomic E-state index is 13.7. The Labute approximate surface area is 393 Å². The van der Waals surface area contributed by atoms with Crippen LogP contribution in [-0.2, 0) is 30.7 Å². The van der Waals surface area contributed by atoms with Crippen molar-refractivity contribution >= 4 is 99.4 Å². The molecule has 5 heterocycles. The second-order valence-electron chi connectivity index (χ2n) is 14.8. The molecule has 2 aliphatic rings. The summed E-state index contributed by atoms with van der Waals surface area (Å²) in [6, 6.07) is 11.3. The summed E-state index contributed by atoms with van der Waals surface area (Å²) in [6.45, 7) is -0.234. The van der Waals surface area contributed by atoms with E-state index in [4.69, 9.17) is 60.2 Å². The smallest absolute Gasteiger partial charge is 0.416 e. The number of methoxy groups -OCH3 is 1. The van der Waals surface area contributed by atoms with E-state index in [0.29, 0.717) is 49.0 Å². The zero-order chi connectivity index (χ0) is 46.6. The van der Waals surface area contributed by atoms with Crippen LogP contribution >= 0.6 is 34.8 Å². The molecule has 1 saturated heterocycles. The highest BCUT2D eigenvalue weighted by Crippen LogP contribution is 2.41. The lowest BCUT2D eigenvalue weighted by Gasteiger charge is -2.32. The normalized spacial score (nSPS) is 15.5. The van der Waals surface area contributed by atoms with Gasteiger partial charge in [-0.3, -0.25) is 35.1 Å². The molecule has 25 heteroatoms. The lowest BCUT2D eigenvalue weighted by Crippen LogP contribution is -3.00. The number of fused-ring (bicyclic) bond motifs is 2. The number of rotatable bonds is 15. The number of halogens is 4. The Morgan fingerprint density at radius 2 is 1.40 bits per heavy atom. The van der Waals surface area contributed by atoms with Crippen molar-refractivity contribution < 1.29 is 65.9 Å². The van der Waals surface area contributed by atoms with Crippen LogP contribution in [0.3, 0.4) is 0 Å². The number of carbonyl (C=O) groups excluding carboxylic acids is 6. The zero-order valence-corrected chi connectivity index (χ0v) is 38.5. The number of benzene rings is 1. The lowest BCUT2D eigenvalue weighted by atomic mass is 10.1. The molecule has 3 aromatic heterocycles. The Hall–Kier alpha value is -6.13. The Morgan fingerprint density at radius 3 is 1.94 bits per heavy atom. The van der Waals surface area contributed by atoms with Crippen LogP contribution in [0.4, 0.5) is 27.9 Å². The van der Waals surface area contributed by atoms with Gasteiger partial charge in [0.05, 0.1) is 43.9 Å². The highest BCUT2D eigenvalue weighted by atomic mass is 35.6. The van der Waals surface area contributed by atoms with E-state index >= 15 is 0 Å². The van der Waals surface area contributed by atoms with Crippen LogP contribution in [0.25, 0.3) is 0 Å². The number of aliphatic hydroxyl groups excluding tert-OH is 1. The van der Waals surface area contributed by atoms with Crippen LogP contribution in [0.15, 0.2) is 48.5 Å². The van der Waals surface area contributed by atoms with Crippen molar-refractivity contribution in [3.63, 3.8) is 0 Å². The van der Waals surface area contributed by atoms with E-state index in [2.05, 4.69) is 21.3 Å². The molecule has 1 aromatic carbocycles. The van der Waals surface area contributed by atoms with Gasteiger partial charge in [0, 0.05) is 40.3 Å². The fourth-order valence-corrected chi connectivity index (χ4v) is 7.42. The van der Waals surface area contributed by atoms with E-state index < -0.39 is 52.4 Å². The largest absolute Gasteiger partial charge is 1.00 e. The number of alkyl halides is 3. The summed E-state index contributed by atoms with van der Waals surface area (Å²) in [4.78, 5) is 81.8. The minimum atomic E-state index is -1.94. The van der Waals surface area contributed by atoms with Gasteiger partial charge in [0.2, 0.25) is 15.5 Å². The minimum absolute atomic E-state index is 0. The van der Waals surface area contributed by atoms with E-state index in [1.807, 2.05) is 0 Å². The maximum atomic E-state index is 13.7. The van der Waals surface area contributed by atoms with Crippen molar-refractivity contribution in [3.8, 4) is 11.5 Å². The number of amides is 6. The first kappa shape index (κ1) is 49.9. The molecule has 6 amide bonds. The van der Waals surface area contributed by atoms with Gasteiger partial charge >= 0.3 is 6.09 Å². The third kappa shape index (κ3) is 11.2. The van der Waals surface area contributed by atoms with Gasteiger partial charge in [0.25, 0.3) is 23.6 Å². The quantitative estimate of drug-likeness (QED) is 0.0437. The number of hydrogen-bond donors (Lipinski definition) is 7. The molecular weight excluding hydrogens is 936 g/mol. The summed E-state index contributed by atoms with van der Waals surface area (Å²) in [7, 11) is 6.16. The molecule has 0 spiro atoms. The average Bonchev–Trinajstić information content (AvgIpc) is 4.03. The molecule has 65 heavy (non-hydrogen) atoms. The zero-order valence-electron chi connectivity index (χ0n) is 35.5. The number of nitrogens with zero attached hydrogens (tertiary/aromatic N) is 5. The van der Waals surface area contributed by atoms with Gasteiger partial charge in [-0.2, -0.15) is 0 Å². The molecule has 0 aliphatic carbocycles. The Morgan fingerprint density at radius 1 is 0.846 bits per heavy atom. The van der Waals surface area contributed by atoms with E-state index in [1.165, 1.54) is 56.0 Å². The standard InChI is InChI=1S/C40H46Cl3N11O10.ClH/c1-50-22(34(56)46-15-13-29(44)45)7-11-31(50)48-36(58)24-9-12-32(52(24)3)49-35(57)23-8-10-30(51(23)2)47-33(55)14-17-63-28-19-26-21(18-27(28)62-4)37(59)53-16-5-6-25(53)38(60)54(26)39(61)64-20-40(41,42)43;/h7-12,18-19,25,38,60H,5-6,13-17,20H2,1-4H3,(H3,44,45)(H,46,56)(H,47,55)(H,48,58)(H,49,57);1H/t25-,38-;/m0./s1. The van der Waals surface area contributed by atoms with Crippen LogP contribution in [-0.4, -0.2) is 115 Å². The molecule has 0 radical (unpaired) electrons. The molecule has 0 unspecified atom stereocenters. The second-order valence-corrected chi connectivity index (χ2v) is 17.3. The monoisotopic (exact) mass is 981 g/mol. The van der Waals surface area contributed by atoms with Crippen molar-refractivity contribution in [3.05, 3.63) is 71.2 Å². The topological polar surface area (TPSA) is 271 Å². The van der Waals surface area contributed by atoms with Crippen molar-refractivity contribution in [1.82, 2.24) is 23.9 Å². The lowest BCUT2D eigenvalue weighted by molar-refractivity contribution is -0.118. The summed E-state index contributed by atoms with van der Waals surface area (Å²) >= 11 is 17.4. The van der Waals surface area contributed by atoms with Crippen LogP contribution in [0.1, 0.15) is 67.5 Å². The molecule has 0 bridgehead atoms. The fourth-order valence-electron chi connectivity index (χ4n) is 7.26. The number of nitrogens with two attached hydrogens (primary N) is 2. The SMILES string of the molecule is COc1cc2c(cc1OCCC(=O)Nc1ccc(C(=O)Nc3ccc(C(=O)Nc4ccc(C(=O)NCCC(N)=[NH2+])n4C)n3C)n1C)N(C(=O)OCC(Cl)(Cl)Cl)[C@@H](O)[C@@H]1CCCN1C2=O.[Cl-]. The Kier molecular flexibility index (Phi) is 16.0. The van der Waals surface area contributed by atoms with E-state index in [-0.39, 0.29) is 77.9 Å². The predicted molar refractivity (Wildman–Crippen MR) is 236 cm³/mol. The number of aliphatic hydroxyl groups is 1. The number of aromatic nitrogens is 3. The third-order valence-corrected chi connectivity index (χ3v) is 10.9. The first-order valence-corrected chi connectivity index (χ1v) is 20.8. The fraction of sp³-hybridized carbons (Fsp3) is 0.375. The van der Waals surface area contributed by atoms with E-state index in [9.17, 15) is 33.9 Å². The van der Waals surface area contributed by atoms with Crippen LogP contribution in [0, 0.1) is 0 Å². The molecule has 2 atom stereocenters. The van der Waals surface area contributed by atoms with Gasteiger partial charge in [-0.1, -0.05) is 34.8 Å². The number of carbonyl (C=O) groups is 6. The highest BCUT2D eigenvalue weighted by Gasteiger charge is 2.45. The molecule has 2 aliphatic heterocycles. The van der Waals surface area contributed by atoms with Gasteiger partial charge in [-0.15, -0.1) is 0 Å². The summed E-state index contributed by atoms with van der Waals surface area (Å²) < 4.78 is 19.2. The van der Waals surface area contributed by atoms with Crippen LogP contribution < -0.4 is 59.2 Å². The van der Waals surface area contributed by atoms with Gasteiger partial charge in [-0.05, 0) is 55.3 Å². The molecule has 9 N–H and O–H groups in total. The van der Waals surface area contributed by atoms with Crippen molar-refractivity contribution in [2.45, 2.75) is 41.7 Å². The van der Waals surface area contributed by atoms with Crippen LogP contribution in [0.5, 0.6) is 11.5 Å². The summed E-state index contributed by atoms with van der Waals surface area (Å²) in [6.07, 6.45) is -1.44. The first-order valence-electron chi connectivity index (χ1n) is 19.7. The second kappa shape index (κ2) is 20.8. The van der Waals surface area contributed by atoms with Crippen molar-refractivity contribution in [1.29, 1.82) is 0 Å². The molecule has 4 aromatic rings. The number of ether oxygens (including phenoxy) is 3. The molecule has 21 nitrogen and oxygen atoms in total. The maximum Gasteiger partial charge on any atom is 0.416 e. The number of anilines is 4. The number of amidine groups is 1. The molecule has 350 valence electrons. The first-order chi connectivity index (χ1) is 30.3. The van der Waals surface area contributed by atoms with Gasteiger partial charge in [0.15, 0.2) is 17.7 Å². The number of hydrogen-bond acceptors (Lipinski definition) is 10. The Balaban J connectivity index is 0.00000793. The van der Waals surface area contributed by atoms with Gasteiger partial charge in [-0.25, -0.2) is 9.69 Å².